The molecule has 0 fully saturated rings. The van der Waals surface area contributed by atoms with Crippen molar-refractivity contribution in [3.63, 3.8) is 0 Å². The zero-order chi connectivity index (χ0) is 19.2. The van der Waals surface area contributed by atoms with E-state index in [-0.39, 0.29) is 11.8 Å². The molecular formula is C23H25NO3. The van der Waals surface area contributed by atoms with Crippen LogP contribution >= 0.6 is 0 Å². The molecule has 4 nitrogen and oxygen atoms in total. The summed E-state index contributed by atoms with van der Waals surface area (Å²) in [6, 6.07) is 19.5. The SMILES string of the molecule is CCCOc1ccccc1NC(=O)C(C)c1ccc2cc(OC)ccc2c1. The molecule has 3 rings (SSSR count). The largest absolute Gasteiger partial charge is 0.497 e. The molecule has 1 N–H and O–H groups in total. The molecule has 3 aromatic rings. The Hall–Kier alpha value is -3.01. The number of hydrogen-bond acceptors (Lipinski definition) is 3. The van der Waals surface area contributed by atoms with Crippen molar-refractivity contribution in [3.05, 3.63) is 66.2 Å². The van der Waals surface area contributed by atoms with Crippen LogP contribution in [0.15, 0.2) is 60.7 Å². The lowest BCUT2D eigenvalue weighted by Crippen LogP contribution is -2.19. The van der Waals surface area contributed by atoms with Gasteiger partial charge in [-0.3, -0.25) is 4.79 Å². The normalized spacial score (nSPS) is 11.8. The van der Waals surface area contributed by atoms with Crippen molar-refractivity contribution in [3.8, 4) is 11.5 Å². The van der Waals surface area contributed by atoms with Crippen LogP contribution in [0.2, 0.25) is 0 Å². The molecule has 0 aliphatic carbocycles. The van der Waals surface area contributed by atoms with E-state index >= 15 is 0 Å². The first-order valence-corrected chi connectivity index (χ1v) is 9.22. The third-order valence-corrected chi connectivity index (χ3v) is 4.57. The smallest absolute Gasteiger partial charge is 0.231 e. The molecule has 0 aliphatic rings. The maximum Gasteiger partial charge on any atom is 0.231 e. The van der Waals surface area contributed by atoms with E-state index in [1.54, 1.807) is 7.11 Å². The fourth-order valence-electron chi connectivity index (χ4n) is 2.94. The van der Waals surface area contributed by atoms with Crippen LogP contribution in [0.1, 0.15) is 31.7 Å². The lowest BCUT2D eigenvalue weighted by molar-refractivity contribution is -0.117. The summed E-state index contributed by atoms with van der Waals surface area (Å²) in [7, 11) is 1.66. The first-order chi connectivity index (χ1) is 13.1. The Balaban J connectivity index is 1.78. The molecule has 1 amide bonds. The van der Waals surface area contributed by atoms with E-state index in [1.165, 1.54) is 0 Å². The quantitative estimate of drug-likeness (QED) is 0.613. The van der Waals surface area contributed by atoms with E-state index in [0.29, 0.717) is 18.0 Å². The van der Waals surface area contributed by atoms with Gasteiger partial charge in [-0.05, 0) is 53.9 Å². The highest BCUT2D eigenvalue weighted by Gasteiger charge is 2.17. The molecule has 0 saturated heterocycles. The van der Waals surface area contributed by atoms with Gasteiger partial charge in [0.05, 0.1) is 25.3 Å². The second-order valence-corrected chi connectivity index (χ2v) is 6.53. The summed E-state index contributed by atoms with van der Waals surface area (Å²) in [5.41, 5.74) is 1.67. The van der Waals surface area contributed by atoms with Gasteiger partial charge in [0.1, 0.15) is 11.5 Å². The summed E-state index contributed by atoms with van der Waals surface area (Å²) in [6.07, 6.45) is 0.917. The monoisotopic (exact) mass is 363 g/mol. The molecule has 27 heavy (non-hydrogen) atoms. The molecular weight excluding hydrogens is 338 g/mol. The zero-order valence-electron chi connectivity index (χ0n) is 16.0. The van der Waals surface area contributed by atoms with E-state index in [9.17, 15) is 4.79 Å². The Labute approximate surface area is 160 Å². The molecule has 140 valence electrons. The van der Waals surface area contributed by atoms with Gasteiger partial charge in [-0.1, -0.05) is 43.3 Å². The lowest BCUT2D eigenvalue weighted by Gasteiger charge is -2.16. The van der Waals surface area contributed by atoms with Crippen molar-refractivity contribution in [2.24, 2.45) is 0 Å². The maximum atomic E-state index is 12.8. The van der Waals surface area contributed by atoms with Crippen molar-refractivity contribution < 1.29 is 14.3 Å². The molecule has 0 bridgehead atoms. The summed E-state index contributed by atoms with van der Waals surface area (Å²) >= 11 is 0. The highest BCUT2D eigenvalue weighted by atomic mass is 16.5. The fraction of sp³-hybridized carbons (Fsp3) is 0.261. The van der Waals surface area contributed by atoms with Crippen molar-refractivity contribution >= 4 is 22.4 Å². The predicted molar refractivity (Wildman–Crippen MR) is 110 cm³/mol. The van der Waals surface area contributed by atoms with Crippen LogP contribution in [-0.4, -0.2) is 19.6 Å². The Morgan fingerprint density at radius 3 is 2.56 bits per heavy atom. The number of carbonyl (C=O) groups excluding carboxylic acids is 1. The van der Waals surface area contributed by atoms with Crippen LogP contribution in [0, 0.1) is 0 Å². The van der Waals surface area contributed by atoms with Crippen LogP contribution in [0.25, 0.3) is 10.8 Å². The van der Waals surface area contributed by atoms with Gasteiger partial charge < -0.3 is 14.8 Å². The number of hydrogen-bond donors (Lipinski definition) is 1. The summed E-state index contributed by atoms with van der Waals surface area (Å²) in [4.78, 5) is 12.8. The van der Waals surface area contributed by atoms with Gasteiger partial charge >= 0.3 is 0 Å². The first-order valence-electron chi connectivity index (χ1n) is 9.22. The number of ether oxygens (including phenoxy) is 2. The molecule has 0 spiro atoms. The second-order valence-electron chi connectivity index (χ2n) is 6.53. The summed E-state index contributed by atoms with van der Waals surface area (Å²) in [6.45, 7) is 4.59. The molecule has 3 aromatic carbocycles. The van der Waals surface area contributed by atoms with Crippen molar-refractivity contribution in [2.75, 3.05) is 19.0 Å². The Bertz CT molecular complexity index is 936. The molecule has 0 heterocycles. The van der Waals surface area contributed by atoms with E-state index in [4.69, 9.17) is 9.47 Å². The number of nitrogens with one attached hydrogen (secondary N) is 1. The zero-order valence-corrected chi connectivity index (χ0v) is 16.0. The number of amides is 1. The molecule has 0 aliphatic heterocycles. The maximum absolute atomic E-state index is 12.8. The fourth-order valence-corrected chi connectivity index (χ4v) is 2.94. The number of para-hydroxylation sites is 2. The first kappa shape index (κ1) is 18.8. The summed E-state index contributed by atoms with van der Waals surface area (Å²) in [5.74, 6) is 1.18. The minimum Gasteiger partial charge on any atom is -0.497 e. The number of methoxy groups -OCH3 is 1. The van der Waals surface area contributed by atoms with Crippen molar-refractivity contribution in [2.45, 2.75) is 26.2 Å². The average Bonchev–Trinajstić information content (AvgIpc) is 2.71. The molecule has 0 radical (unpaired) electrons. The van der Waals surface area contributed by atoms with Crippen LogP contribution < -0.4 is 14.8 Å². The number of rotatable bonds is 7. The third kappa shape index (κ3) is 4.40. The highest BCUT2D eigenvalue weighted by Crippen LogP contribution is 2.28. The third-order valence-electron chi connectivity index (χ3n) is 4.57. The molecule has 0 aromatic heterocycles. The summed E-state index contributed by atoms with van der Waals surface area (Å²) in [5, 5.41) is 5.17. The van der Waals surface area contributed by atoms with Crippen molar-refractivity contribution in [1.82, 2.24) is 0 Å². The van der Waals surface area contributed by atoms with Crippen LogP contribution in [0.3, 0.4) is 0 Å². The number of fused-ring (bicyclic) bond motifs is 1. The van der Waals surface area contributed by atoms with Gasteiger partial charge in [-0.25, -0.2) is 0 Å². The van der Waals surface area contributed by atoms with Crippen LogP contribution in [-0.2, 0) is 4.79 Å². The van der Waals surface area contributed by atoms with Gasteiger partial charge in [-0.15, -0.1) is 0 Å². The Morgan fingerprint density at radius 1 is 1.04 bits per heavy atom. The van der Waals surface area contributed by atoms with Gasteiger partial charge in [0.25, 0.3) is 0 Å². The number of carbonyl (C=O) groups is 1. The highest BCUT2D eigenvalue weighted by molar-refractivity contribution is 5.97. The molecule has 0 saturated carbocycles. The molecule has 1 unspecified atom stereocenters. The number of anilines is 1. The predicted octanol–water partition coefficient (Wildman–Crippen LogP) is 5.38. The number of benzene rings is 3. The van der Waals surface area contributed by atoms with Crippen molar-refractivity contribution in [1.29, 1.82) is 0 Å². The Kier molecular flexibility index (Phi) is 5.97. The molecule has 1 atom stereocenters. The van der Waals surface area contributed by atoms with E-state index in [0.717, 1.165) is 28.5 Å². The summed E-state index contributed by atoms with van der Waals surface area (Å²) < 4.78 is 11.0. The topological polar surface area (TPSA) is 47.6 Å². The Morgan fingerprint density at radius 2 is 1.78 bits per heavy atom. The van der Waals surface area contributed by atoms with Gasteiger partial charge in [0, 0.05) is 0 Å². The van der Waals surface area contributed by atoms with Crippen LogP contribution in [0.4, 0.5) is 5.69 Å². The minimum absolute atomic E-state index is 0.0598. The van der Waals surface area contributed by atoms with E-state index < -0.39 is 0 Å². The van der Waals surface area contributed by atoms with Gasteiger partial charge in [0.15, 0.2) is 0 Å². The minimum atomic E-state index is -0.282. The van der Waals surface area contributed by atoms with Gasteiger partial charge in [-0.2, -0.15) is 0 Å². The molecule has 4 heteroatoms. The second kappa shape index (κ2) is 8.58. The van der Waals surface area contributed by atoms with E-state index in [1.807, 2.05) is 61.5 Å². The van der Waals surface area contributed by atoms with Gasteiger partial charge in [0.2, 0.25) is 5.91 Å². The standard InChI is InChI=1S/C23H25NO3/c1-4-13-27-22-8-6-5-7-21(22)24-23(25)16(2)17-9-10-19-15-20(26-3)12-11-18(19)14-17/h5-12,14-16H,4,13H2,1-3H3,(H,24,25). The van der Waals surface area contributed by atoms with E-state index in [2.05, 4.69) is 18.3 Å². The van der Waals surface area contributed by atoms with Crippen LogP contribution in [0.5, 0.6) is 11.5 Å². The lowest BCUT2D eigenvalue weighted by atomic mass is 9.97. The average molecular weight is 363 g/mol.